The third-order valence-electron chi connectivity index (χ3n) is 2.97. The summed E-state index contributed by atoms with van der Waals surface area (Å²) in [6.07, 6.45) is 0.459. The van der Waals surface area contributed by atoms with Crippen molar-refractivity contribution in [1.29, 1.82) is 0 Å². The molecule has 20 heavy (non-hydrogen) atoms. The van der Waals surface area contributed by atoms with Crippen molar-refractivity contribution in [1.82, 2.24) is 0 Å². The maximum absolute atomic E-state index is 14.0. The van der Waals surface area contributed by atoms with Crippen LogP contribution in [0.1, 0.15) is 16.5 Å². The van der Waals surface area contributed by atoms with Gasteiger partial charge < -0.3 is 4.74 Å². The molecule has 1 nitrogen and oxygen atoms in total. The van der Waals surface area contributed by atoms with Crippen molar-refractivity contribution in [2.45, 2.75) is 11.8 Å². The van der Waals surface area contributed by atoms with Crippen LogP contribution in [-0.2, 0) is 6.42 Å². The molecule has 0 saturated heterocycles. The molecule has 0 bridgehead atoms. The van der Waals surface area contributed by atoms with Crippen LogP contribution in [0.4, 0.5) is 4.39 Å². The molecule has 0 aliphatic heterocycles. The number of hydrogen-bond donors (Lipinski definition) is 0. The topological polar surface area (TPSA) is 9.23 Å². The molecule has 0 amide bonds. The van der Waals surface area contributed by atoms with Crippen molar-refractivity contribution in [3.8, 4) is 5.75 Å². The summed E-state index contributed by atoms with van der Waals surface area (Å²) in [4.78, 5) is 0. The van der Waals surface area contributed by atoms with Crippen molar-refractivity contribution in [2.24, 2.45) is 0 Å². The van der Waals surface area contributed by atoms with Crippen molar-refractivity contribution in [3.05, 3.63) is 62.8 Å². The number of methoxy groups -OCH3 is 1. The smallest absolute Gasteiger partial charge is 0.129 e. The zero-order valence-corrected chi connectivity index (χ0v) is 13.8. The summed E-state index contributed by atoms with van der Waals surface area (Å²) < 4.78 is 19.7. The van der Waals surface area contributed by atoms with E-state index in [2.05, 4.69) is 15.9 Å². The van der Waals surface area contributed by atoms with Crippen LogP contribution in [0.25, 0.3) is 0 Å². The molecule has 0 radical (unpaired) electrons. The lowest BCUT2D eigenvalue weighted by Gasteiger charge is -2.14. The number of ether oxygens (including phenoxy) is 1. The van der Waals surface area contributed by atoms with Gasteiger partial charge in [-0.2, -0.15) is 0 Å². The van der Waals surface area contributed by atoms with E-state index in [1.165, 1.54) is 6.07 Å². The number of alkyl halides is 1. The van der Waals surface area contributed by atoms with Gasteiger partial charge in [0.1, 0.15) is 11.6 Å². The highest BCUT2D eigenvalue weighted by atomic mass is 79.9. The van der Waals surface area contributed by atoms with Crippen molar-refractivity contribution >= 4 is 39.1 Å². The average molecular weight is 378 g/mol. The molecule has 0 heterocycles. The highest BCUT2D eigenvalue weighted by molar-refractivity contribution is 9.10. The van der Waals surface area contributed by atoms with Crippen LogP contribution in [0, 0.1) is 5.82 Å². The first kappa shape index (κ1) is 15.6. The molecule has 0 N–H and O–H groups in total. The molecule has 1 atom stereocenters. The summed E-state index contributed by atoms with van der Waals surface area (Å²) in [6.45, 7) is 0. The predicted molar refractivity (Wildman–Crippen MR) is 84.4 cm³/mol. The van der Waals surface area contributed by atoms with Crippen LogP contribution in [0.3, 0.4) is 0 Å². The highest BCUT2D eigenvalue weighted by Crippen LogP contribution is 2.34. The van der Waals surface area contributed by atoms with E-state index in [9.17, 15) is 4.39 Å². The molecule has 5 heteroatoms. The first-order valence-corrected chi connectivity index (χ1v) is 7.54. The fourth-order valence-corrected chi connectivity index (χ4v) is 2.77. The summed E-state index contributed by atoms with van der Waals surface area (Å²) in [5.41, 5.74) is 1.30. The number of hydrogen-bond acceptors (Lipinski definition) is 1. The number of benzene rings is 2. The molecular formula is C15H12BrCl2FO. The molecule has 0 saturated carbocycles. The first-order chi connectivity index (χ1) is 9.52. The number of halogens is 4. The Morgan fingerprint density at radius 1 is 1.30 bits per heavy atom. The Bertz CT molecular complexity index is 619. The Labute approximate surface area is 135 Å². The monoisotopic (exact) mass is 376 g/mol. The summed E-state index contributed by atoms with van der Waals surface area (Å²) in [5, 5.41) is -0.0797. The second kappa shape index (κ2) is 6.79. The molecule has 1 unspecified atom stereocenters. The fourth-order valence-electron chi connectivity index (χ4n) is 1.95. The number of para-hydroxylation sites is 1. The van der Waals surface area contributed by atoms with Crippen molar-refractivity contribution in [2.75, 3.05) is 7.11 Å². The lowest BCUT2D eigenvalue weighted by Crippen LogP contribution is -2.01. The van der Waals surface area contributed by atoms with Crippen molar-refractivity contribution in [3.63, 3.8) is 0 Å². The summed E-state index contributed by atoms with van der Waals surface area (Å²) in [7, 11) is 1.60. The van der Waals surface area contributed by atoms with Gasteiger partial charge in [0.15, 0.2) is 0 Å². The van der Waals surface area contributed by atoms with E-state index >= 15 is 0 Å². The van der Waals surface area contributed by atoms with Gasteiger partial charge >= 0.3 is 0 Å². The van der Waals surface area contributed by atoms with Gasteiger partial charge in [-0.25, -0.2) is 4.39 Å². The maximum Gasteiger partial charge on any atom is 0.129 e. The van der Waals surface area contributed by atoms with Crippen LogP contribution in [0.15, 0.2) is 40.9 Å². The van der Waals surface area contributed by atoms with E-state index in [1.807, 2.05) is 24.3 Å². The molecule has 0 aliphatic rings. The van der Waals surface area contributed by atoms with Gasteiger partial charge in [-0.3, -0.25) is 0 Å². The van der Waals surface area contributed by atoms with Gasteiger partial charge in [-0.05, 0) is 46.1 Å². The summed E-state index contributed by atoms with van der Waals surface area (Å²) in [6, 6.07) is 10.4. The molecule has 0 fully saturated rings. The zero-order valence-electron chi connectivity index (χ0n) is 10.7. The maximum atomic E-state index is 14.0. The molecule has 0 aliphatic carbocycles. The third-order valence-corrected chi connectivity index (χ3v) is 4.56. The van der Waals surface area contributed by atoms with E-state index in [1.54, 1.807) is 13.2 Å². The SMILES string of the molecule is COc1ccccc1CC(Cl)c1cc(Cl)c(Br)cc1F. The number of rotatable bonds is 4. The van der Waals surface area contributed by atoms with E-state index in [-0.39, 0.29) is 5.82 Å². The van der Waals surface area contributed by atoms with Gasteiger partial charge in [0, 0.05) is 10.0 Å². The average Bonchev–Trinajstić information content (AvgIpc) is 2.43. The molecule has 2 rings (SSSR count). The lowest BCUT2D eigenvalue weighted by molar-refractivity contribution is 0.409. The van der Waals surface area contributed by atoms with E-state index in [0.717, 1.165) is 11.3 Å². The van der Waals surface area contributed by atoms with Crippen LogP contribution < -0.4 is 4.74 Å². The third kappa shape index (κ3) is 3.46. The van der Waals surface area contributed by atoms with Gasteiger partial charge in [0.25, 0.3) is 0 Å². The largest absolute Gasteiger partial charge is 0.496 e. The predicted octanol–water partition coefficient (Wildman–Crippen LogP) is 5.77. The van der Waals surface area contributed by atoms with E-state index < -0.39 is 5.38 Å². The minimum Gasteiger partial charge on any atom is -0.496 e. The summed E-state index contributed by atoms with van der Waals surface area (Å²) in [5.74, 6) is 0.359. The van der Waals surface area contributed by atoms with Crippen LogP contribution in [0.2, 0.25) is 5.02 Å². The van der Waals surface area contributed by atoms with Gasteiger partial charge in [0.05, 0.1) is 17.5 Å². The van der Waals surface area contributed by atoms with E-state index in [0.29, 0.717) is 21.5 Å². The normalized spacial score (nSPS) is 12.2. The Morgan fingerprint density at radius 3 is 2.70 bits per heavy atom. The minimum atomic E-state index is -0.517. The fraction of sp³-hybridized carbons (Fsp3) is 0.200. The quantitative estimate of drug-likeness (QED) is 0.485. The highest BCUT2D eigenvalue weighted by Gasteiger charge is 2.17. The first-order valence-electron chi connectivity index (χ1n) is 5.93. The summed E-state index contributed by atoms with van der Waals surface area (Å²) >= 11 is 15.5. The van der Waals surface area contributed by atoms with Crippen molar-refractivity contribution < 1.29 is 9.13 Å². The Morgan fingerprint density at radius 2 is 2.00 bits per heavy atom. The Hall–Kier alpha value is -0.770. The van der Waals surface area contributed by atoms with E-state index in [4.69, 9.17) is 27.9 Å². The second-order valence-electron chi connectivity index (χ2n) is 4.27. The van der Waals surface area contributed by atoms with Crippen LogP contribution >= 0.6 is 39.1 Å². The lowest BCUT2D eigenvalue weighted by atomic mass is 10.0. The molecule has 106 valence electrons. The van der Waals surface area contributed by atoms with Gasteiger partial charge in [0.2, 0.25) is 0 Å². The Balaban J connectivity index is 2.28. The van der Waals surface area contributed by atoms with Crippen LogP contribution in [0.5, 0.6) is 5.75 Å². The van der Waals surface area contributed by atoms with Gasteiger partial charge in [-0.1, -0.05) is 29.8 Å². The minimum absolute atomic E-state index is 0.379. The molecule has 0 spiro atoms. The molecule has 2 aromatic carbocycles. The molecule has 2 aromatic rings. The second-order valence-corrected chi connectivity index (χ2v) is 6.06. The molecular weight excluding hydrogens is 366 g/mol. The zero-order chi connectivity index (χ0) is 14.7. The standard InChI is InChI=1S/C15H12BrCl2FO/c1-20-15-5-3-2-4-9(15)6-12(17)10-7-13(18)11(16)8-14(10)19/h2-5,7-8,12H,6H2,1H3. The molecule has 0 aromatic heterocycles. The Kier molecular flexibility index (Phi) is 5.30. The van der Waals surface area contributed by atoms with Crippen LogP contribution in [-0.4, -0.2) is 7.11 Å². The van der Waals surface area contributed by atoms with Gasteiger partial charge in [-0.15, -0.1) is 11.6 Å².